The Morgan fingerprint density at radius 1 is 1.06 bits per heavy atom. The van der Waals surface area contributed by atoms with Gasteiger partial charge in [0.15, 0.2) is 0 Å². The molecule has 4 fully saturated rings. The van der Waals surface area contributed by atoms with Crippen molar-refractivity contribution in [2.75, 3.05) is 0 Å². The maximum atomic E-state index is 13.0. The van der Waals surface area contributed by atoms with Crippen molar-refractivity contribution < 1.29 is 26.4 Å². The lowest BCUT2D eigenvalue weighted by molar-refractivity contribution is -0.137. The fourth-order valence-corrected chi connectivity index (χ4v) is 7.76. The van der Waals surface area contributed by atoms with Crippen LogP contribution in [0.5, 0.6) is 0 Å². The number of alkyl halides is 3. The van der Waals surface area contributed by atoms with Crippen molar-refractivity contribution in [3.8, 4) is 0 Å². The molecule has 4 aliphatic carbocycles. The Bertz CT molecular complexity index is 937. The molecule has 31 heavy (non-hydrogen) atoms. The normalized spacial score (nSPS) is 30.4. The van der Waals surface area contributed by atoms with E-state index in [4.69, 9.17) is 0 Å². The van der Waals surface area contributed by atoms with Crippen molar-refractivity contribution in [3.63, 3.8) is 0 Å². The molecule has 4 aliphatic rings. The van der Waals surface area contributed by atoms with Crippen LogP contribution in [0.1, 0.15) is 64.4 Å². The highest BCUT2D eigenvalue weighted by Crippen LogP contribution is 2.55. The summed E-state index contributed by atoms with van der Waals surface area (Å²) in [5.74, 6) is 1.77. The molecule has 5 nitrogen and oxygen atoms in total. The maximum absolute atomic E-state index is 13.0. The van der Waals surface area contributed by atoms with Crippen LogP contribution >= 0.6 is 0 Å². The van der Waals surface area contributed by atoms with Gasteiger partial charge in [-0.05, 0) is 88.3 Å². The molecule has 0 aliphatic heterocycles. The van der Waals surface area contributed by atoms with Gasteiger partial charge >= 0.3 is 6.18 Å². The van der Waals surface area contributed by atoms with E-state index in [9.17, 15) is 26.4 Å². The lowest BCUT2D eigenvalue weighted by atomic mass is 9.53. The van der Waals surface area contributed by atoms with Crippen LogP contribution in [0.15, 0.2) is 29.2 Å². The Morgan fingerprint density at radius 2 is 1.61 bits per heavy atom. The lowest BCUT2D eigenvalue weighted by Gasteiger charge is -2.57. The summed E-state index contributed by atoms with van der Waals surface area (Å²) in [6, 6.07) is 3.60. The van der Waals surface area contributed by atoms with Crippen LogP contribution in [-0.4, -0.2) is 25.4 Å². The first-order chi connectivity index (χ1) is 14.3. The molecule has 0 radical (unpaired) electrons. The fraction of sp³-hybridized carbons (Fsp3) is 0.682. The monoisotopic (exact) mass is 458 g/mol. The van der Waals surface area contributed by atoms with Gasteiger partial charge in [0.05, 0.1) is 10.5 Å². The van der Waals surface area contributed by atoms with E-state index in [1.807, 2.05) is 0 Å². The molecule has 0 saturated heterocycles. The number of hydrogen-bond donors (Lipinski definition) is 2. The molecule has 1 aromatic rings. The molecule has 5 rings (SSSR count). The van der Waals surface area contributed by atoms with E-state index in [2.05, 4.69) is 10.0 Å². The van der Waals surface area contributed by atoms with Gasteiger partial charge in [0, 0.05) is 17.5 Å². The number of benzene rings is 1. The Hall–Kier alpha value is -1.61. The first kappa shape index (κ1) is 22.6. The standard InChI is InChI=1S/C22H29F3N2O3S/c1-20(2,27-31(29,30)18-5-3-4-17(9-18)22(23,24)25)13-19(28)26-21-10-14-6-15(11-21)8-16(7-14)12-21/h3-5,9,14-16,27H,6-8,10-13H2,1-2H3,(H,26,28). The predicted molar refractivity (Wildman–Crippen MR) is 110 cm³/mol. The quantitative estimate of drug-likeness (QED) is 0.670. The van der Waals surface area contributed by atoms with Gasteiger partial charge in [0.25, 0.3) is 0 Å². The highest BCUT2D eigenvalue weighted by Gasteiger charge is 2.51. The molecule has 2 N–H and O–H groups in total. The first-order valence-electron chi connectivity index (χ1n) is 10.8. The van der Waals surface area contributed by atoms with E-state index in [0.717, 1.165) is 37.5 Å². The summed E-state index contributed by atoms with van der Waals surface area (Å²) in [6.45, 7) is 3.13. The molecular formula is C22H29F3N2O3S. The van der Waals surface area contributed by atoms with Gasteiger partial charge in [0.1, 0.15) is 0 Å². The molecule has 172 valence electrons. The minimum Gasteiger partial charge on any atom is -0.351 e. The zero-order valence-corrected chi connectivity index (χ0v) is 18.6. The smallest absolute Gasteiger partial charge is 0.351 e. The Morgan fingerprint density at radius 3 is 2.13 bits per heavy atom. The van der Waals surface area contributed by atoms with Gasteiger partial charge in [-0.1, -0.05) is 6.07 Å². The summed E-state index contributed by atoms with van der Waals surface area (Å²) in [4.78, 5) is 12.4. The zero-order valence-electron chi connectivity index (χ0n) is 17.8. The minimum atomic E-state index is -4.64. The topological polar surface area (TPSA) is 75.3 Å². The maximum Gasteiger partial charge on any atom is 0.416 e. The summed E-state index contributed by atoms with van der Waals surface area (Å²) >= 11 is 0. The van der Waals surface area contributed by atoms with Crippen LogP contribution in [0.2, 0.25) is 0 Å². The molecular weight excluding hydrogens is 429 g/mol. The molecule has 4 bridgehead atoms. The molecule has 0 unspecified atom stereocenters. The van der Waals surface area contributed by atoms with Crippen LogP contribution in [0, 0.1) is 17.8 Å². The Labute approximate surface area is 181 Å². The van der Waals surface area contributed by atoms with Crippen LogP contribution in [0.3, 0.4) is 0 Å². The third kappa shape index (κ3) is 4.92. The number of halogens is 3. The number of amides is 1. The third-order valence-corrected chi connectivity index (χ3v) is 8.62. The minimum absolute atomic E-state index is 0.0903. The molecule has 1 amide bonds. The molecule has 0 spiro atoms. The van der Waals surface area contributed by atoms with Gasteiger partial charge < -0.3 is 5.32 Å². The summed E-state index contributed by atoms with van der Waals surface area (Å²) in [5.41, 5.74) is -2.37. The second kappa shape index (κ2) is 7.47. The summed E-state index contributed by atoms with van der Waals surface area (Å²) in [5, 5.41) is 3.21. The SMILES string of the molecule is CC(C)(CC(=O)NC12CC3CC(CC(C3)C1)C2)NS(=O)(=O)c1cccc(C(F)(F)F)c1. The molecule has 0 heterocycles. The van der Waals surface area contributed by atoms with Crippen molar-refractivity contribution in [1.82, 2.24) is 10.0 Å². The second-order valence-electron chi connectivity index (χ2n) is 10.4. The molecule has 0 atom stereocenters. The highest BCUT2D eigenvalue weighted by atomic mass is 32.2. The van der Waals surface area contributed by atoms with Crippen molar-refractivity contribution in [3.05, 3.63) is 29.8 Å². The van der Waals surface area contributed by atoms with E-state index >= 15 is 0 Å². The number of rotatable bonds is 6. The number of hydrogen-bond acceptors (Lipinski definition) is 3. The van der Waals surface area contributed by atoms with Crippen molar-refractivity contribution in [2.45, 2.75) is 80.9 Å². The van der Waals surface area contributed by atoms with Crippen molar-refractivity contribution in [1.29, 1.82) is 0 Å². The van der Waals surface area contributed by atoms with E-state index < -0.39 is 32.2 Å². The van der Waals surface area contributed by atoms with Gasteiger partial charge in [-0.3, -0.25) is 4.79 Å². The third-order valence-electron chi connectivity index (χ3n) is 6.93. The lowest BCUT2D eigenvalue weighted by Crippen LogP contribution is -2.60. The fourth-order valence-electron chi connectivity index (χ4n) is 6.30. The summed E-state index contributed by atoms with van der Waals surface area (Å²) in [7, 11) is -4.23. The molecule has 1 aromatic carbocycles. The van der Waals surface area contributed by atoms with Gasteiger partial charge in [-0.15, -0.1) is 0 Å². The van der Waals surface area contributed by atoms with E-state index in [1.165, 1.54) is 19.3 Å². The number of nitrogens with one attached hydrogen (secondary N) is 2. The van der Waals surface area contributed by atoms with Gasteiger partial charge in [-0.2, -0.15) is 13.2 Å². The number of carbonyl (C=O) groups is 1. The van der Waals surface area contributed by atoms with Gasteiger partial charge in [-0.25, -0.2) is 13.1 Å². The van der Waals surface area contributed by atoms with Crippen LogP contribution < -0.4 is 10.0 Å². The van der Waals surface area contributed by atoms with Crippen LogP contribution in [0.4, 0.5) is 13.2 Å². The zero-order chi connectivity index (χ0) is 22.7. The van der Waals surface area contributed by atoms with Crippen molar-refractivity contribution >= 4 is 15.9 Å². The van der Waals surface area contributed by atoms with E-state index in [-0.39, 0.29) is 17.9 Å². The second-order valence-corrected chi connectivity index (χ2v) is 12.1. The summed E-state index contributed by atoms with van der Waals surface area (Å²) in [6.07, 6.45) is 1.97. The van der Waals surface area contributed by atoms with Crippen LogP contribution in [-0.2, 0) is 21.0 Å². The van der Waals surface area contributed by atoms with Crippen molar-refractivity contribution in [2.24, 2.45) is 17.8 Å². The number of carbonyl (C=O) groups excluding carboxylic acids is 1. The molecule has 4 saturated carbocycles. The highest BCUT2D eigenvalue weighted by molar-refractivity contribution is 7.89. The predicted octanol–water partition coefficient (Wildman–Crippen LogP) is 4.24. The Balaban J connectivity index is 1.42. The summed E-state index contributed by atoms with van der Waals surface area (Å²) < 4.78 is 66.7. The van der Waals surface area contributed by atoms with Crippen LogP contribution in [0.25, 0.3) is 0 Å². The average molecular weight is 459 g/mol. The largest absolute Gasteiger partial charge is 0.416 e. The van der Waals surface area contributed by atoms with Gasteiger partial charge in [0.2, 0.25) is 15.9 Å². The molecule has 9 heteroatoms. The van der Waals surface area contributed by atoms with E-state index in [0.29, 0.717) is 23.8 Å². The Kier molecular flexibility index (Phi) is 5.44. The first-order valence-corrected chi connectivity index (χ1v) is 12.3. The average Bonchev–Trinajstić information content (AvgIpc) is 2.57. The van der Waals surface area contributed by atoms with E-state index in [1.54, 1.807) is 13.8 Å². The molecule has 0 aromatic heterocycles. The number of sulfonamides is 1.